The Kier molecular flexibility index (Phi) is 11.2. The van der Waals surface area contributed by atoms with Gasteiger partial charge in [0, 0.05) is 0 Å². The third-order valence-electron chi connectivity index (χ3n) is 5.28. The van der Waals surface area contributed by atoms with E-state index >= 15 is 0 Å². The van der Waals surface area contributed by atoms with E-state index in [2.05, 4.69) is 15.5 Å². The van der Waals surface area contributed by atoms with Gasteiger partial charge in [-0.1, -0.05) is 24.3 Å². The predicted octanol–water partition coefficient (Wildman–Crippen LogP) is 4.86. The SMILES string of the molecule is CCOC(=O)N(c1ccccc1N=NC(NC(=O)CCl)(C(=O)OCC)C(=O)OCC)c1cccc(C)c1C. The normalized spacial score (nSPS) is 11.1. The lowest BCUT2D eigenvalue weighted by atomic mass is 10.1. The van der Waals surface area contributed by atoms with Gasteiger partial charge in [-0.15, -0.1) is 16.7 Å². The molecular weight excluding hydrogens is 516 g/mol. The number of ether oxygens (including phenoxy) is 3. The number of esters is 2. The zero-order chi connectivity index (χ0) is 28.3. The molecule has 2 aromatic carbocycles. The van der Waals surface area contributed by atoms with Crippen molar-refractivity contribution in [1.29, 1.82) is 0 Å². The number of carbonyl (C=O) groups is 4. The molecule has 2 amide bonds. The van der Waals surface area contributed by atoms with E-state index in [1.807, 2.05) is 19.9 Å². The van der Waals surface area contributed by atoms with Crippen LogP contribution in [0.2, 0.25) is 0 Å². The summed E-state index contributed by atoms with van der Waals surface area (Å²) < 4.78 is 15.3. The Morgan fingerprint density at radius 2 is 1.45 bits per heavy atom. The molecule has 0 spiro atoms. The van der Waals surface area contributed by atoms with E-state index in [1.54, 1.807) is 37.3 Å². The van der Waals surface area contributed by atoms with E-state index in [1.165, 1.54) is 24.8 Å². The summed E-state index contributed by atoms with van der Waals surface area (Å²) in [5, 5.41) is 10.2. The van der Waals surface area contributed by atoms with Gasteiger partial charge in [0.2, 0.25) is 5.91 Å². The van der Waals surface area contributed by atoms with Crippen LogP contribution in [0.25, 0.3) is 0 Å². The number of nitrogens with zero attached hydrogens (tertiary/aromatic N) is 3. The fourth-order valence-corrected chi connectivity index (χ4v) is 3.42. The zero-order valence-corrected chi connectivity index (χ0v) is 22.7. The van der Waals surface area contributed by atoms with Crippen LogP contribution in [0.5, 0.6) is 0 Å². The van der Waals surface area contributed by atoms with Gasteiger partial charge in [0.05, 0.1) is 31.2 Å². The highest BCUT2D eigenvalue weighted by Crippen LogP contribution is 2.37. The van der Waals surface area contributed by atoms with Gasteiger partial charge in [-0.25, -0.2) is 19.3 Å². The molecule has 38 heavy (non-hydrogen) atoms. The monoisotopic (exact) mass is 546 g/mol. The smallest absolute Gasteiger partial charge is 0.419 e. The molecule has 0 atom stereocenters. The molecule has 0 unspecified atom stereocenters. The van der Waals surface area contributed by atoms with Crippen molar-refractivity contribution >= 4 is 52.6 Å². The molecule has 0 saturated heterocycles. The van der Waals surface area contributed by atoms with Gasteiger partial charge < -0.3 is 19.5 Å². The minimum Gasteiger partial charge on any atom is -0.462 e. The van der Waals surface area contributed by atoms with Crippen molar-refractivity contribution in [2.75, 3.05) is 30.6 Å². The molecule has 0 fully saturated rings. The standard InChI is InChI=1S/C26H31ClN4O7/c1-6-36-23(33)26(24(34)37-7-2,28-22(32)16-27)30-29-19-13-9-10-14-21(19)31(25(35)38-8-3)20-15-11-12-17(4)18(20)5/h9-15H,6-8,16H2,1-5H3,(H,28,32). The van der Waals surface area contributed by atoms with Crippen molar-refractivity contribution in [3.63, 3.8) is 0 Å². The molecule has 0 bridgehead atoms. The molecule has 0 aliphatic rings. The number of azo groups is 1. The Labute approximate surface area is 226 Å². The van der Waals surface area contributed by atoms with E-state index in [0.717, 1.165) is 11.1 Å². The number of aryl methyl sites for hydroxylation is 1. The molecule has 0 aromatic heterocycles. The highest BCUT2D eigenvalue weighted by Gasteiger charge is 2.52. The van der Waals surface area contributed by atoms with Crippen LogP contribution in [-0.2, 0) is 28.6 Å². The Balaban J connectivity index is 2.76. The van der Waals surface area contributed by atoms with Gasteiger partial charge in [0.1, 0.15) is 11.6 Å². The van der Waals surface area contributed by atoms with Gasteiger partial charge in [-0.05, 0) is 63.9 Å². The molecule has 2 aromatic rings. The number of alkyl halides is 1. The van der Waals surface area contributed by atoms with Gasteiger partial charge >= 0.3 is 23.7 Å². The Morgan fingerprint density at radius 3 is 2.03 bits per heavy atom. The largest absolute Gasteiger partial charge is 0.462 e. The van der Waals surface area contributed by atoms with Crippen molar-refractivity contribution in [3.05, 3.63) is 53.6 Å². The Bertz CT molecular complexity index is 1180. The first-order valence-corrected chi connectivity index (χ1v) is 12.5. The maximum Gasteiger partial charge on any atom is 0.419 e. The number of nitrogens with one attached hydrogen (secondary N) is 1. The third kappa shape index (κ3) is 6.86. The average Bonchev–Trinajstić information content (AvgIpc) is 2.90. The number of hydrogen-bond donors (Lipinski definition) is 1. The van der Waals surface area contributed by atoms with E-state index < -0.39 is 35.5 Å². The summed E-state index contributed by atoms with van der Waals surface area (Å²) in [5.41, 5.74) is -0.0618. The van der Waals surface area contributed by atoms with Crippen molar-refractivity contribution in [2.24, 2.45) is 10.2 Å². The van der Waals surface area contributed by atoms with Crippen LogP contribution in [0, 0.1) is 13.8 Å². The first-order valence-electron chi connectivity index (χ1n) is 11.9. The van der Waals surface area contributed by atoms with E-state index in [9.17, 15) is 19.2 Å². The molecule has 0 saturated carbocycles. The first kappa shape index (κ1) is 30.2. The molecule has 204 valence electrons. The molecule has 0 heterocycles. The fourth-order valence-electron chi connectivity index (χ4n) is 3.36. The van der Waals surface area contributed by atoms with Crippen LogP contribution < -0.4 is 10.2 Å². The van der Waals surface area contributed by atoms with Gasteiger partial charge in [0.25, 0.3) is 0 Å². The molecule has 2 rings (SSSR count). The number of anilines is 2. The molecule has 0 radical (unpaired) electrons. The lowest BCUT2D eigenvalue weighted by molar-refractivity contribution is -0.167. The number of halogens is 1. The van der Waals surface area contributed by atoms with Crippen LogP contribution >= 0.6 is 11.6 Å². The van der Waals surface area contributed by atoms with Crippen LogP contribution in [0.1, 0.15) is 31.9 Å². The van der Waals surface area contributed by atoms with E-state index in [0.29, 0.717) is 5.69 Å². The Morgan fingerprint density at radius 1 is 0.868 bits per heavy atom. The molecular formula is C26H31ClN4O7. The Hall–Kier alpha value is -3.99. The molecule has 12 heteroatoms. The quantitative estimate of drug-likeness (QED) is 0.140. The summed E-state index contributed by atoms with van der Waals surface area (Å²) in [7, 11) is 0. The topological polar surface area (TPSA) is 136 Å². The second-order valence-corrected chi connectivity index (χ2v) is 8.04. The summed E-state index contributed by atoms with van der Waals surface area (Å²) in [5.74, 6) is -3.89. The number of rotatable bonds is 11. The van der Waals surface area contributed by atoms with E-state index in [-0.39, 0.29) is 31.2 Å². The summed E-state index contributed by atoms with van der Waals surface area (Å²) >= 11 is 5.62. The number of benzene rings is 2. The first-order chi connectivity index (χ1) is 18.2. The maximum atomic E-state index is 13.1. The summed E-state index contributed by atoms with van der Waals surface area (Å²) in [4.78, 5) is 52.6. The zero-order valence-electron chi connectivity index (χ0n) is 21.9. The highest BCUT2D eigenvalue weighted by atomic mass is 35.5. The predicted molar refractivity (Wildman–Crippen MR) is 141 cm³/mol. The van der Waals surface area contributed by atoms with Gasteiger partial charge in [-0.3, -0.25) is 4.79 Å². The summed E-state index contributed by atoms with van der Waals surface area (Å²) in [6.45, 7) is 8.35. The van der Waals surface area contributed by atoms with Crippen LogP contribution in [0.15, 0.2) is 52.7 Å². The van der Waals surface area contributed by atoms with Crippen LogP contribution in [0.3, 0.4) is 0 Å². The molecule has 1 N–H and O–H groups in total. The molecule has 0 aliphatic carbocycles. The van der Waals surface area contributed by atoms with Crippen molar-refractivity contribution < 1.29 is 33.4 Å². The minimum atomic E-state index is -2.67. The second kappa shape index (κ2) is 14.1. The van der Waals surface area contributed by atoms with Crippen molar-refractivity contribution in [2.45, 2.75) is 40.3 Å². The maximum absolute atomic E-state index is 13.1. The summed E-state index contributed by atoms with van der Waals surface area (Å²) in [6, 6.07) is 11.8. The van der Waals surface area contributed by atoms with Crippen LogP contribution in [0.4, 0.5) is 21.9 Å². The average molecular weight is 547 g/mol. The van der Waals surface area contributed by atoms with Gasteiger partial charge in [-0.2, -0.15) is 5.11 Å². The number of hydrogen-bond acceptors (Lipinski definition) is 9. The van der Waals surface area contributed by atoms with E-state index in [4.69, 9.17) is 25.8 Å². The second-order valence-electron chi connectivity index (χ2n) is 7.78. The van der Waals surface area contributed by atoms with Crippen molar-refractivity contribution in [1.82, 2.24) is 5.32 Å². The highest BCUT2D eigenvalue weighted by molar-refractivity contribution is 6.28. The molecule has 11 nitrogen and oxygen atoms in total. The number of carbonyl (C=O) groups excluding carboxylic acids is 4. The van der Waals surface area contributed by atoms with Crippen molar-refractivity contribution in [3.8, 4) is 0 Å². The molecule has 0 aliphatic heterocycles. The van der Waals surface area contributed by atoms with Crippen LogP contribution in [-0.4, -0.2) is 55.3 Å². The number of para-hydroxylation sites is 1. The summed E-state index contributed by atoms with van der Waals surface area (Å²) in [6.07, 6.45) is -0.679. The fraction of sp³-hybridized carbons (Fsp3) is 0.385. The lowest BCUT2D eigenvalue weighted by Gasteiger charge is -2.26. The van der Waals surface area contributed by atoms with Gasteiger partial charge in [0.15, 0.2) is 0 Å². The third-order valence-corrected chi connectivity index (χ3v) is 5.52. The minimum absolute atomic E-state index is 0.0829. The number of amides is 2. The lowest BCUT2D eigenvalue weighted by Crippen LogP contribution is -2.60.